The molecular weight excluding hydrogens is 522 g/mol. The normalized spacial score (nSPS) is 12.2. The largest absolute Gasteiger partial charge is 0.489 e. The zero-order valence-corrected chi connectivity index (χ0v) is 23.1. The first-order valence-electron chi connectivity index (χ1n) is 12.3. The molecule has 0 aliphatic heterocycles. The van der Waals surface area contributed by atoms with Crippen molar-refractivity contribution in [2.75, 3.05) is 13.7 Å². The second kappa shape index (κ2) is 14.5. The van der Waals surface area contributed by atoms with Gasteiger partial charge in [-0.3, -0.25) is 0 Å². The number of ether oxygens (including phenoxy) is 3. The lowest BCUT2D eigenvalue weighted by atomic mass is 9.88. The quantitative estimate of drug-likeness (QED) is 0.178. The van der Waals surface area contributed by atoms with Gasteiger partial charge < -0.3 is 19.5 Å². The van der Waals surface area contributed by atoms with Crippen molar-refractivity contribution in [1.82, 2.24) is 5.32 Å². The molecule has 8 heteroatoms. The van der Waals surface area contributed by atoms with Gasteiger partial charge in [0.1, 0.15) is 17.9 Å². The Morgan fingerprint density at radius 1 is 1.05 bits per heavy atom. The van der Waals surface area contributed by atoms with Gasteiger partial charge in [-0.2, -0.15) is 0 Å². The van der Waals surface area contributed by atoms with E-state index in [1.54, 1.807) is 13.0 Å². The fourth-order valence-corrected chi connectivity index (χ4v) is 5.09. The number of halogens is 1. The van der Waals surface area contributed by atoms with Crippen molar-refractivity contribution in [2.45, 2.75) is 48.1 Å². The second-order valence-electron chi connectivity index (χ2n) is 8.49. The average molecular weight is 554 g/mol. The predicted molar refractivity (Wildman–Crippen MR) is 151 cm³/mol. The van der Waals surface area contributed by atoms with Crippen molar-refractivity contribution < 1.29 is 23.8 Å². The lowest BCUT2D eigenvalue weighted by molar-refractivity contribution is -0.151. The number of carbonyl (C=O) groups excluding carboxylic acids is 2. The van der Waals surface area contributed by atoms with E-state index in [-0.39, 0.29) is 19.4 Å². The molecule has 38 heavy (non-hydrogen) atoms. The maximum atomic E-state index is 12.9. The summed E-state index contributed by atoms with van der Waals surface area (Å²) in [7, 11) is 1.25. The number of alkyl carbamates (subject to hydrolysis) is 1. The molecule has 0 aromatic heterocycles. The molecule has 0 radical (unpaired) electrons. The lowest BCUT2D eigenvalue weighted by Gasteiger charge is -2.31. The van der Waals surface area contributed by atoms with Crippen molar-refractivity contribution in [1.29, 1.82) is 0 Å². The van der Waals surface area contributed by atoms with Crippen LogP contribution in [0.25, 0.3) is 0 Å². The minimum absolute atomic E-state index is 0.184. The Balaban J connectivity index is 1.71. The van der Waals surface area contributed by atoms with Crippen LogP contribution in [0.2, 0.25) is 5.02 Å². The van der Waals surface area contributed by atoms with E-state index in [4.69, 9.17) is 25.8 Å². The van der Waals surface area contributed by atoms with Crippen molar-refractivity contribution in [3.8, 4) is 5.75 Å². The Morgan fingerprint density at radius 3 is 2.45 bits per heavy atom. The Kier molecular flexibility index (Phi) is 11.1. The number of methoxy groups -OCH3 is 1. The highest BCUT2D eigenvalue weighted by molar-refractivity contribution is 7.99. The van der Waals surface area contributed by atoms with Crippen LogP contribution in [0.3, 0.4) is 0 Å². The first-order valence-corrected chi connectivity index (χ1v) is 13.5. The molecule has 1 N–H and O–H groups in total. The van der Waals surface area contributed by atoms with Gasteiger partial charge in [-0.25, -0.2) is 9.59 Å². The third-order valence-corrected chi connectivity index (χ3v) is 7.48. The summed E-state index contributed by atoms with van der Waals surface area (Å²) in [6, 6.07) is 23.6. The summed E-state index contributed by atoms with van der Waals surface area (Å²) >= 11 is 8.33. The summed E-state index contributed by atoms with van der Waals surface area (Å²) in [5, 5.41) is 3.26. The molecule has 3 aromatic carbocycles. The molecule has 0 spiro atoms. The minimum Gasteiger partial charge on any atom is -0.489 e. The maximum absolute atomic E-state index is 12.9. The average Bonchev–Trinajstić information content (AvgIpc) is 2.93. The Bertz CT molecular complexity index is 1220. The number of nitrogens with one attached hydrogen (secondary N) is 1. The van der Waals surface area contributed by atoms with E-state index in [1.807, 2.05) is 72.8 Å². The first-order chi connectivity index (χ1) is 18.4. The van der Waals surface area contributed by atoms with Gasteiger partial charge in [0.2, 0.25) is 0 Å². The Morgan fingerprint density at radius 2 is 1.79 bits per heavy atom. The van der Waals surface area contributed by atoms with Crippen LogP contribution in [-0.2, 0) is 27.3 Å². The number of esters is 1. The van der Waals surface area contributed by atoms with Crippen LogP contribution < -0.4 is 10.1 Å². The molecule has 0 saturated carbocycles. The number of hydrogen-bond acceptors (Lipinski definition) is 6. The molecule has 0 aliphatic rings. The third kappa shape index (κ3) is 8.04. The number of hydrogen-bond donors (Lipinski definition) is 1. The number of amides is 1. The predicted octanol–water partition coefficient (Wildman–Crippen LogP) is 7.24. The molecule has 0 saturated heterocycles. The van der Waals surface area contributed by atoms with E-state index in [2.05, 4.69) is 11.9 Å². The Labute approximate surface area is 233 Å². The van der Waals surface area contributed by atoms with Gasteiger partial charge in [-0.15, -0.1) is 6.58 Å². The van der Waals surface area contributed by atoms with E-state index in [0.717, 1.165) is 26.7 Å². The summed E-state index contributed by atoms with van der Waals surface area (Å²) in [5.74, 6) is 0.246. The summed E-state index contributed by atoms with van der Waals surface area (Å²) in [6.07, 6.45) is 1.73. The number of rotatable bonds is 13. The maximum Gasteiger partial charge on any atom is 0.407 e. The number of aryl methyl sites for hydroxylation is 1. The van der Waals surface area contributed by atoms with Crippen LogP contribution >= 0.6 is 23.4 Å². The smallest absolute Gasteiger partial charge is 0.407 e. The van der Waals surface area contributed by atoms with Gasteiger partial charge in [0, 0.05) is 9.79 Å². The summed E-state index contributed by atoms with van der Waals surface area (Å²) in [4.78, 5) is 26.9. The second-order valence-corrected chi connectivity index (χ2v) is 9.98. The highest BCUT2D eigenvalue weighted by Gasteiger charge is 2.40. The minimum atomic E-state index is -1.31. The number of carbonyl (C=O) groups is 2. The SMILES string of the molecule is C=CCC(CCc1cccc(Sc2ccc(OCc3ccccc3)cc2)c1Cl)(NC(=O)OC)C(=O)OCC. The molecule has 3 aromatic rings. The molecule has 0 aliphatic carbocycles. The zero-order valence-electron chi connectivity index (χ0n) is 21.6. The van der Waals surface area contributed by atoms with Gasteiger partial charge in [-0.1, -0.05) is 71.9 Å². The molecule has 0 heterocycles. The van der Waals surface area contributed by atoms with E-state index >= 15 is 0 Å². The molecule has 1 unspecified atom stereocenters. The molecule has 3 rings (SSSR count). The van der Waals surface area contributed by atoms with Crippen LogP contribution in [-0.4, -0.2) is 31.3 Å². The van der Waals surface area contributed by atoms with Crippen LogP contribution in [0.5, 0.6) is 5.75 Å². The zero-order chi connectivity index (χ0) is 27.4. The lowest BCUT2D eigenvalue weighted by Crippen LogP contribution is -2.55. The monoisotopic (exact) mass is 553 g/mol. The van der Waals surface area contributed by atoms with Crippen molar-refractivity contribution in [3.05, 3.63) is 102 Å². The van der Waals surface area contributed by atoms with Crippen LogP contribution in [0.4, 0.5) is 4.79 Å². The van der Waals surface area contributed by atoms with Crippen molar-refractivity contribution in [3.63, 3.8) is 0 Å². The van der Waals surface area contributed by atoms with E-state index in [9.17, 15) is 9.59 Å². The van der Waals surface area contributed by atoms with Crippen molar-refractivity contribution in [2.24, 2.45) is 0 Å². The molecule has 1 atom stereocenters. The molecule has 200 valence electrons. The van der Waals surface area contributed by atoms with Gasteiger partial charge in [0.05, 0.1) is 18.7 Å². The third-order valence-electron chi connectivity index (χ3n) is 5.85. The van der Waals surface area contributed by atoms with E-state index in [1.165, 1.54) is 18.9 Å². The summed E-state index contributed by atoms with van der Waals surface area (Å²) < 4.78 is 15.9. The summed E-state index contributed by atoms with van der Waals surface area (Å²) in [6.45, 7) is 6.16. The van der Waals surface area contributed by atoms with Crippen LogP contribution in [0.1, 0.15) is 30.9 Å². The fraction of sp³-hybridized carbons (Fsp3) is 0.267. The molecule has 0 fully saturated rings. The van der Waals surface area contributed by atoms with E-state index in [0.29, 0.717) is 18.1 Å². The molecule has 0 bridgehead atoms. The van der Waals surface area contributed by atoms with Crippen molar-refractivity contribution >= 4 is 35.4 Å². The van der Waals surface area contributed by atoms with Gasteiger partial charge in [0.25, 0.3) is 0 Å². The van der Waals surface area contributed by atoms with E-state index < -0.39 is 17.6 Å². The first kappa shape index (κ1) is 29.1. The van der Waals surface area contributed by atoms with Gasteiger partial charge in [-0.05, 0) is 67.6 Å². The standard InChI is InChI=1S/C30H32ClNO5S/c1-4-19-30(28(33)36-5-2,32-29(34)35-3)20-18-23-12-9-13-26(27(23)31)38-25-16-14-24(15-17-25)37-21-22-10-7-6-8-11-22/h4,6-17H,1,5,18-21H2,2-3H3,(H,32,34). The summed E-state index contributed by atoms with van der Waals surface area (Å²) in [5.41, 5.74) is 0.646. The molecule has 6 nitrogen and oxygen atoms in total. The van der Waals surface area contributed by atoms with Crippen LogP contribution in [0, 0.1) is 0 Å². The van der Waals surface area contributed by atoms with Gasteiger partial charge >= 0.3 is 12.1 Å². The topological polar surface area (TPSA) is 73.9 Å². The molecule has 1 amide bonds. The van der Waals surface area contributed by atoms with Gasteiger partial charge in [0.15, 0.2) is 0 Å². The fourth-order valence-electron chi connectivity index (χ4n) is 3.86. The molecular formula is C30H32ClNO5S. The van der Waals surface area contributed by atoms with Crippen LogP contribution in [0.15, 0.2) is 95.2 Å². The highest BCUT2D eigenvalue weighted by atomic mass is 35.5. The number of benzene rings is 3. The highest BCUT2D eigenvalue weighted by Crippen LogP contribution is 2.37. The Hall–Kier alpha value is -3.42.